The Morgan fingerprint density at radius 3 is 2.00 bits per heavy atom. The van der Waals surface area contributed by atoms with E-state index in [1.807, 2.05) is 13.8 Å². The van der Waals surface area contributed by atoms with E-state index >= 15 is 0 Å². The Kier molecular flexibility index (Phi) is 7.45. The molecule has 0 aromatic carbocycles. The van der Waals surface area contributed by atoms with Gasteiger partial charge in [-0.05, 0) is 26.8 Å². The standard InChI is InChI=1S/C10H25NO2Si/c1-5-8-9-10(11)14(4,12-6-2)13-7-3/h10H,5-9,11H2,1-4H3. The SMILES string of the molecule is CCCCC(N)[Si](C)(OCC)OCC. The van der Waals surface area contributed by atoms with E-state index < -0.39 is 8.56 Å². The molecule has 86 valence electrons. The van der Waals surface area contributed by atoms with Gasteiger partial charge in [0.2, 0.25) is 0 Å². The van der Waals surface area contributed by atoms with E-state index in [0.717, 1.165) is 12.8 Å². The van der Waals surface area contributed by atoms with Crippen LogP contribution < -0.4 is 5.73 Å². The second-order valence-electron chi connectivity index (χ2n) is 3.63. The zero-order valence-corrected chi connectivity index (χ0v) is 11.0. The predicted octanol–water partition coefficient (Wildman–Crippen LogP) is 2.19. The quantitative estimate of drug-likeness (QED) is 0.636. The molecule has 0 saturated heterocycles. The lowest BCUT2D eigenvalue weighted by Gasteiger charge is -2.31. The Hall–Kier alpha value is 0.0969. The Bertz CT molecular complexity index is 138. The smallest absolute Gasteiger partial charge is 0.352 e. The van der Waals surface area contributed by atoms with E-state index in [1.54, 1.807) is 0 Å². The van der Waals surface area contributed by atoms with Gasteiger partial charge in [0.1, 0.15) is 0 Å². The van der Waals surface area contributed by atoms with E-state index in [4.69, 9.17) is 14.6 Å². The second kappa shape index (κ2) is 7.40. The number of hydrogen-bond acceptors (Lipinski definition) is 3. The van der Waals surface area contributed by atoms with Crippen molar-refractivity contribution < 1.29 is 8.85 Å². The third kappa shape index (κ3) is 4.55. The van der Waals surface area contributed by atoms with Gasteiger partial charge >= 0.3 is 8.56 Å². The van der Waals surface area contributed by atoms with Crippen LogP contribution in [0.25, 0.3) is 0 Å². The average molecular weight is 219 g/mol. The van der Waals surface area contributed by atoms with Gasteiger partial charge in [-0.15, -0.1) is 0 Å². The minimum absolute atomic E-state index is 0.0994. The summed E-state index contributed by atoms with van der Waals surface area (Å²) in [6, 6.07) is 0. The summed E-state index contributed by atoms with van der Waals surface area (Å²) >= 11 is 0. The first-order valence-corrected chi connectivity index (χ1v) is 8.03. The lowest BCUT2D eigenvalue weighted by atomic mass is 10.2. The van der Waals surface area contributed by atoms with Gasteiger partial charge in [-0.2, -0.15) is 0 Å². The molecule has 0 heterocycles. The van der Waals surface area contributed by atoms with E-state index in [0.29, 0.717) is 13.2 Å². The average Bonchev–Trinajstić information content (AvgIpc) is 2.15. The van der Waals surface area contributed by atoms with Crippen LogP contribution in [-0.2, 0) is 8.85 Å². The molecule has 0 radical (unpaired) electrons. The molecule has 0 aromatic heterocycles. The van der Waals surface area contributed by atoms with Crippen LogP contribution in [0.15, 0.2) is 0 Å². The minimum Gasteiger partial charge on any atom is -0.394 e. The van der Waals surface area contributed by atoms with Crippen molar-refractivity contribution in [2.75, 3.05) is 13.2 Å². The summed E-state index contributed by atoms with van der Waals surface area (Å²) in [4.78, 5) is 0. The summed E-state index contributed by atoms with van der Waals surface area (Å²) in [7, 11) is -2.11. The summed E-state index contributed by atoms with van der Waals surface area (Å²) in [6.07, 6.45) is 3.35. The van der Waals surface area contributed by atoms with Gasteiger partial charge in [-0.1, -0.05) is 19.8 Å². The van der Waals surface area contributed by atoms with Crippen LogP contribution in [0, 0.1) is 0 Å². The van der Waals surface area contributed by atoms with Crippen LogP contribution >= 0.6 is 0 Å². The summed E-state index contributed by atoms with van der Waals surface area (Å²) < 4.78 is 11.4. The zero-order valence-electron chi connectivity index (χ0n) is 10.0. The normalized spacial score (nSPS) is 14.4. The summed E-state index contributed by atoms with van der Waals surface area (Å²) in [5.41, 5.74) is 6.22. The highest BCUT2D eigenvalue weighted by atomic mass is 28.4. The van der Waals surface area contributed by atoms with E-state index in [1.165, 1.54) is 6.42 Å². The highest BCUT2D eigenvalue weighted by Gasteiger charge is 2.37. The van der Waals surface area contributed by atoms with Gasteiger partial charge < -0.3 is 14.6 Å². The Balaban J connectivity index is 4.15. The van der Waals surface area contributed by atoms with Crippen LogP contribution in [0.3, 0.4) is 0 Å². The lowest BCUT2D eigenvalue weighted by molar-refractivity contribution is 0.178. The molecule has 0 spiro atoms. The fourth-order valence-electron chi connectivity index (χ4n) is 1.52. The highest BCUT2D eigenvalue weighted by Crippen LogP contribution is 2.15. The maximum Gasteiger partial charge on any atom is 0.352 e. The molecule has 0 saturated carbocycles. The highest BCUT2D eigenvalue weighted by molar-refractivity contribution is 6.67. The molecule has 0 aliphatic carbocycles. The number of nitrogens with two attached hydrogens (primary N) is 1. The molecule has 0 bridgehead atoms. The first-order chi connectivity index (χ1) is 6.60. The molecule has 0 amide bonds. The monoisotopic (exact) mass is 219 g/mol. The van der Waals surface area contributed by atoms with E-state index in [2.05, 4.69) is 13.5 Å². The summed E-state index contributed by atoms with van der Waals surface area (Å²) in [6.45, 7) is 9.63. The van der Waals surface area contributed by atoms with Crippen LogP contribution in [0.5, 0.6) is 0 Å². The van der Waals surface area contributed by atoms with Crippen LogP contribution in [0.4, 0.5) is 0 Å². The van der Waals surface area contributed by atoms with Gasteiger partial charge in [0.05, 0.1) is 0 Å². The Morgan fingerprint density at radius 2 is 1.64 bits per heavy atom. The molecule has 3 nitrogen and oxygen atoms in total. The van der Waals surface area contributed by atoms with E-state index in [9.17, 15) is 0 Å². The zero-order chi connectivity index (χ0) is 11.0. The molecule has 1 unspecified atom stereocenters. The molecule has 0 fully saturated rings. The van der Waals surface area contributed by atoms with Crippen molar-refractivity contribution in [2.24, 2.45) is 5.73 Å². The first kappa shape index (κ1) is 14.1. The van der Waals surface area contributed by atoms with Crippen molar-refractivity contribution in [1.29, 1.82) is 0 Å². The van der Waals surface area contributed by atoms with Crippen molar-refractivity contribution in [3.8, 4) is 0 Å². The molecule has 14 heavy (non-hydrogen) atoms. The molecule has 0 rings (SSSR count). The van der Waals surface area contributed by atoms with Crippen molar-refractivity contribution in [1.82, 2.24) is 0 Å². The van der Waals surface area contributed by atoms with Gasteiger partial charge in [-0.25, -0.2) is 0 Å². The third-order valence-corrected chi connectivity index (χ3v) is 5.76. The van der Waals surface area contributed by atoms with Gasteiger partial charge in [-0.3, -0.25) is 0 Å². The molecular formula is C10H25NO2Si. The fourth-order valence-corrected chi connectivity index (χ4v) is 3.90. The Morgan fingerprint density at radius 1 is 1.14 bits per heavy atom. The second-order valence-corrected chi connectivity index (χ2v) is 6.98. The molecule has 4 heteroatoms. The molecule has 2 N–H and O–H groups in total. The number of unbranched alkanes of at least 4 members (excludes halogenated alkanes) is 1. The maximum absolute atomic E-state index is 6.12. The predicted molar refractivity (Wildman–Crippen MR) is 62.4 cm³/mol. The minimum atomic E-state index is -2.11. The topological polar surface area (TPSA) is 44.5 Å². The van der Waals surface area contributed by atoms with Crippen LogP contribution in [0.2, 0.25) is 6.55 Å². The van der Waals surface area contributed by atoms with E-state index in [-0.39, 0.29) is 5.67 Å². The number of hydrogen-bond donors (Lipinski definition) is 1. The van der Waals surface area contributed by atoms with Gasteiger partial charge in [0.15, 0.2) is 0 Å². The molecule has 1 atom stereocenters. The van der Waals surface area contributed by atoms with Crippen LogP contribution in [-0.4, -0.2) is 27.4 Å². The largest absolute Gasteiger partial charge is 0.394 e. The molecule has 0 aliphatic rings. The molecule has 0 aromatic rings. The van der Waals surface area contributed by atoms with Crippen molar-refractivity contribution in [3.05, 3.63) is 0 Å². The summed E-state index contributed by atoms with van der Waals surface area (Å²) in [5.74, 6) is 0. The Labute approximate surface area is 89.2 Å². The number of rotatable bonds is 8. The lowest BCUT2D eigenvalue weighted by Crippen LogP contribution is -2.55. The third-order valence-electron chi connectivity index (χ3n) is 2.40. The van der Waals surface area contributed by atoms with Crippen molar-refractivity contribution in [2.45, 2.75) is 52.2 Å². The summed E-state index contributed by atoms with van der Waals surface area (Å²) in [5, 5.41) is 0. The van der Waals surface area contributed by atoms with Gasteiger partial charge in [0, 0.05) is 18.9 Å². The van der Waals surface area contributed by atoms with Gasteiger partial charge in [0.25, 0.3) is 0 Å². The fraction of sp³-hybridized carbons (Fsp3) is 1.00. The van der Waals surface area contributed by atoms with Crippen molar-refractivity contribution >= 4 is 8.56 Å². The first-order valence-electron chi connectivity index (χ1n) is 5.64. The maximum atomic E-state index is 6.12. The van der Waals surface area contributed by atoms with Crippen LogP contribution in [0.1, 0.15) is 40.0 Å². The van der Waals surface area contributed by atoms with Crippen molar-refractivity contribution in [3.63, 3.8) is 0 Å². The molecular weight excluding hydrogens is 194 g/mol. The molecule has 0 aliphatic heterocycles.